The van der Waals surface area contributed by atoms with E-state index >= 15 is 0 Å². The van der Waals surface area contributed by atoms with Crippen LogP contribution >= 0.6 is 27.7 Å². The van der Waals surface area contributed by atoms with Crippen LogP contribution in [-0.2, 0) is 9.59 Å². The van der Waals surface area contributed by atoms with Gasteiger partial charge in [0.05, 0.1) is 19.2 Å². The molecule has 1 fully saturated rings. The summed E-state index contributed by atoms with van der Waals surface area (Å²) in [6.07, 6.45) is 6.41. The molecule has 1 aromatic carbocycles. The highest BCUT2D eigenvalue weighted by atomic mass is 79.9. The number of terminal acetylenes is 1. The van der Waals surface area contributed by atoms with Gasteiger partial charge >= 0.3 is 5.97 Å². The van der Waals surface area contributed by atoms with Crippen LogP contribution < -0.4 is 14.8 Å². The van der Waals surface area contributed by atoms with Crippen molar-refractivity contribution in [1.82, 2.24) is 5.32 Å². The van der Waals surface area contributed by atoms with Crippen LogP contribution in [0.2, 0.25) is 0 Å². The van der Waals surface area contributed by atoms with E-state index in [1.165, 1.54) is 6.21 Å². The average molecular weight is 454 g/mol. The van der Waals surface area contributed by atoms with Gasteiger partial charge in [0, 0.05) is 10.0 Å². The van der Waals surface area contributed by atoms with E-state index in [2.05, 4.69) is 37.4 Å². The van der Waals surface area contributed by atoms with Gasteiger partial charge in [-0.05, 0) is 35.0 Å². The second-order valence-corrected chi connectivity index (χ2v) is 7.14. The molecule has 10 heteroatoms. The van der Waals surface area contributed by atoms with Crippen LogP contribution in [0, 0.1) is 12.3 Å². The van der Waals surface area contributed by atoms with Crippen LogP contribution in [0.25, 0.3) is 0 Å². The Labute approximate surface area is 168 Å². The number of aliphatic carboxylic acids is 1. The van der Waals surface area contributed by atoms with Crippen molar-refractivity contribution in [2.45, 2.75) is 18.6 Å². The Kier molecular flexibility index (Phi) is 7.69. The van der Waals surface area contributed by atoms with Crippen molar-refractivity contribution in [2.75, 3.05) is 13.2 Å². The van der Waals surface area contributed by atoms with Gasteiger partial charge < -0.3 is 19.9 Å². The monoisotopic (exact) mass is 453 g/mol. The molecule has 1 aromatic rings. The van der Waals surface area contributed by atoms with Gasteiger partial charge in [0.25, 0.3) is 0 Å². The molecule has 0 aromatic heterocycles. The number of nitrogens with zero attached hydrogens (tertiary/aromatic N) is 2. The van der Waals surface area contributed by atoms with Gasteiger partial charge in [-0.3, -0.25) is 9.59 Å². The second-order valence-electron chi connectivity index (χ2n) is 5.09. The third-order valence-corrected chi connectivity index (χ3v) is 4.91. The molecular weight excluding hydrogens is 438 g/mol. The Bertz CT molecular complexity index is 835. The zero-order valence-electron chi connectivity index (χ0n) is 14.3. The van der Waals surface area contributed by atoms with Gasteiger partial charge in [0.1, 0.15) is 11.9 Å². The van der Waals surface area contributed by atoms with Crippen LogP contribution in [0.3, 0.4) is 0 Å². The maximum Gasteiger partial charge on any atom is 0.305 e. The van der Waals surface area contributed by atoms with Crippen molar-refractivity contribution in [1.29, 1.82) is 0 Å². The van der Waals surface area contributed by atoms with Crippen molar-refractivity contribution in [3.05, 3.63) is 22.2 Å². The molecule has 142 valence electrons. The molecule has 0 bridgehead atoms. The fourth-order valence-electron chi connectivity index (χ4n) is 2.04. The molecule has 1 heterocycles. The van der Waals surface area contributed by atoms with E-state index in [1.54, 1.807) is 12.1 Å². The topological polar surface area (TPSA) is 110 Å². The van der Waals surface area contributed by atoms with E-state index in [4.69, 9.17) is 21.0 Å². The normalized spacial score (nSPS) is 17.7. The lowest BCUT2D eigenvalue weighted by atomic mass is 10.2. The Morgan fingerprint density at radius 2 is 2.22 bits per heavy atom. The summed E-state index contributed by atoms with van der Waals surface area (Å²) in [5.74, 6) is 1.96. The first kappa shape index (κ1) is 20.8. The van der Waals surface area contributed by atoms with Crippen LogP contribution in [0.5, 0.6) is 11.5 Å². The lowest BCUT2D eigenvalue weighted by molar-refractivity contribution is -0.138. The number of nitrogens with one attached hydrogen (secondary N) is 1. The highest BCUT2D eigenvalue weighted by Crippen LogP contribution is 2.33. The molecule has 0 aliphatic carbocycles. The van der Waals surface area contributed by atoms with E-state index in [-0.39, 0.29) is 18.2 Å². The first-order valence-electron chi connectivity index (χ1n) is 7.77. The molecule has 0 spiro atoms. The fraction of sp³-hybridized carbons (Fsp3) is 0.294. The largest absolute Gasteiger partial charge is 0.490 e. The maximum absolute atomic E-state index is 11.7. The molecule has 2 rings (SSSR count). The summed E-state index contributed by atoms with van der Waals surface area (Å²) in [6, 6.07) is 3.43. The van der Waals surface area contributed by atoms with Crippen LogP contribution in [-0.4, -0.2) is 46.8 Å². The number of rotatable bonds is 8. The molecule has 1 amide bonds. The number of halogens is 1. The highest BCUT2D eigenvalue weighted by Gasteiger charge is 2.32. The summed E-state index contributed by atoms with van der Waals surface area (Å²) in [6.45, 7) is 2.41. The molecule has 1 atom stereocenters. The third kappa shape index (κ3) is 6.01. The molecule has 8 nitrogen and oxygen atoms in total. The summed E-state index contributed by atoms with van der Waals surface area (Å²) in [5, 5.41) is 18.7. The van der Waals surface area contributed by atoms with E-state index in [1.807, 2.05) is 6.92 Å². The number of carboxylic acid groups (broad SMARTS) is 1. The number of hydrogen-bond donors (Lipinski definition) is 2. The number of carbonyl (C=O) groups is 2. The number of ether oxygens (including phenoxy) is 2. The van der Waals surface area contributed by atoms with Crippen LogP contribution in [0.15, 0.2) is 26.8 Å². The Hall–Kier alpha value is -2.51. The minimum atomic E-state index is -1.05. The van der Waals surface area contributed by atoms with Crippen molar-refractivity contribution < 1.29 is 24.2 Å². The van der Waals surface area contributed by atoms with Gasteiger partial charge in [-0.15, -0.1) is 11.5 Å². The zero-order valence-corrected chi connectivity index (χ0v) is 16.7. The molecule has 0 saturated carbocycles. The third-order valence-electron chi connectivity index (χ3n) is 3.16. The minimum Gasteiger partial charge on any atom is -0.490 e. The van der Waals surface area contributed by atoms with E-state index in [9.17, 15) is 9.59 Å². The molecule has 1 aliphatic rings. The van der Waals surface area contributed by atoms with Crippen molar-refractivity contribution in [3.8, 4) is 23.8 Å². The quantitative estimate of drug-likeness (QED) is 0.354. The molecule has 1 unspecified atom stereocenters. The van der Waals surface area contributed by atoms with E-state index < -0.39 is 17.1 Å². The fourth-order valence-corrected chi connectivity index (χ4v) is 3.38. The van der Waals surface area contributed by atoms with Crippen molar-refractivity contribution in [2.24, 2.45) is 10.2 Å². The van der Waals surface area contributed by atoms with Gasteiger partial charge in [0.2, 0.25) is 5.91 Å². The molecular formula is C17H16BrN3O5S. The second kappa shape index (κ2) is 9.99. The van der Waals surface area contributed by atoms with Crippen molar-refractivity contribution in [3.63, 3.8) is 0 Å². The average Bonchev–Trinajstić information content (AvgIpc) is 2.95. The summed E-state index contributed by atoms with van der Waals surface area (Å²) >= 11 is 4.45. The number of amidine groups is 1. The number of benzene rings is 1. The van der Waals surface area contributed by atoms with E-state index in [0.29, 0.717) is 28.1 Å². The highest BCUT2D eigenvalue weighted by molar-refractivity contribution is 9.10. The van der Waals surface area contributed by atoms with Gasteiger partial charge in [-0.25, -0.2) is 0 Å². The number of thioether (sulfide) groups is 1. The number of carbonyl (C=O) groups excluding carboxylic acids is 1. The minimum absolute atomic E-state index is 0.113. The van der Waals surface area contributed by atoms with Crippen LogP contribution in [0.1, 0.15) is 18.9 Å². The van der Waals surface area contributed by atoms with Crippen molar-refractivity contribution >= 4 is 51.0 Å². The molecule has 1 saturated heterocycles. The number of amides is 1. The number of carboxylic acids is 1. The first-order valence-corrected chi connectivity index (χ1v) is 9.44. The van der Waals surface area contributed by atoms with Gasteiger partial charge in [-0.1, -0.05) is 17.7 Å². The smallest absolute Gasteiger partial charge is 0.305 e. The zero-order chi connectivity index (χ0) is 19.8. The SMILES string of the molecule is C#CCOc1cc(Br)c(C=NN=C2NC(=O)C(CC(=O)O)S2)cc1OCC. The van der Waals surface area contributed by atoms with Crippen LogP contribution in [0.4, 0.5) is 0 Å². The Balaban J connectivity index is 2.14. The predicted octanol–water partition coefficient (Wildman–Crippen LogP) is 2.26. The maximum atomic E-state index is 11.7. The predicted molar refractivity (Wildman–Crippen MR) is 106 cm³/mol. The summed E-state index contributed by atoms with van der Waals surface area (Å²) in [7, 11) is 0. The Morgan fingerprint density at radius 3 is 2.89 bits per heavy atom. The van der Waals surface area contributed by atoms with E-state index in [0.717, 1.165) is 11.8 Å². The summed E-state index contributed by atoms with van der Waals surface area (Å²) in [4.78, 5) is 22.4. The standard InChI is InChI=1S/C17H16BrN3O5S/c1-3-5-26-13-7-11(18)10(6-12(13)25-4-2)9-19-21-17-20-16(24)14(27-17)8-15(22)23/h1,6-7,9,14H,4-5,8H2,2H3,(H,22,23)(H,20,21,24). The molecule has 2 N–H and O–H groups in total. The molecule has 1 aliphatic heterocycles. The lowest BCUT2D eigenvalue weighted by Gasteiger charge is -2.12. The number of hydrogen-bond acceptors (Lipinski definition) is 7. The molecule has 0 radical (unpaired) electrons. The van der Waals surface area contributed by atoms with Gasteiger partial charge in [-0.2, -0.15) is 5.10 Å². The first-order chi connectivity index (χ1) is 12.9. The van der Waals surface area contributed by atoms with Gasteiger partial charge in [0.15, 0.2) is 16.7 Å². The molecule has 27 heavy (non-hydrogen) atoms. The summed E-state index contributed by atoms with van der Waals surface area (Å²) < 4.78 is 11.7. The lowest BCUT2D eigenvalue weighted by Crippen LogP contribution is -2.26. The summed E-state index contributed by atoms with van der Waals surface area (Å²) in [5.41, 5.74) is 0.673. The Morgan fingerprint density at radius 1 is 1.48 bits per heavy atom.